The number of imide groups is 1. The van der Waals surface area contributed by atoms with Crippen molar-refractivity contribution in [3.8, 4) is 0 Å². The van der Waals surface area contributed by atoms with Crippen LogP contribution in [0.2, 0.25) is 0 Å². The Bertz CT molecular complexity index is 1130. The van der Waals surface area contributed by atoms with E-state index in [4.69, 9.17) is 0 Å². The van der Waals surface area contributed by atoms with E-state index in [1.165, 1.54) is 11.0 Å². The SMILES string of the molecule is O=C(NC(Cc1ccccc1)C(=O)N1CCCC1)c1ccc2c(c1)C(=O)N(C1CCCCC1)C2=O. The second-order valence-corrected chi connectivity index (χ2v) is 9.78. The van der Waals surface area contributed by atoms with Crippen LogP contribution < -0.4 is 5.32 Å². The molecule has 1 saturated heterocycles. The van der Waals surface area contributed by atoms with Crippen LogP contribution in [0.25, 0.3) is 0 Å². The molecule has 1 saturated carbocycles. The van der Waals surface area contributed by atoms with Crippen LogP contribution in [0.4, 0.5) is 0 Å². The van der Waals surface area contributed by atoms with Crippen LogP contribution in [-0.2, 0) is 11.2 Å². The molecule has 1 atom stereocenters. The number of fused-ring (bicyclic) bond motifs is 1. The molecule has 4 amide bonds. The minimum atomic E-state index is -0.702. The Balaban J connectivity index is 1.35. The third kappa shape index (κ3) is 4.72. The van der Waals surface area contributed by atoms with Crippen LogP contribution >= 0.6 is 0 Å². The maximum atomic E-state index is 13.2. The normalized spacial score (nSPS) is 19.1. The maximum Gasteiger partial charge on any atom is 0.261 e. The number of hydrogen-bond acceptors (Lipinski definition) is 4. The predicted molar refractivity (Wildman–Crippen MR) is 131 cm³/mol. The highest BCUT2D eigenvalue weighted by Gasteiger charge is 2.40. The Hall–Kier alpha value is -3.48. The minimum Gasteiger partial charge on any atom is -0.341 e. The Kier molecular flexibility index (Phi) is 6.66. The molecular formula is C28H31N3O4. The van der Waals surface area contributed by atoms with Crippen molar-refractivity contribution in [2.24, 2.45) is 0 Å². The lowest BCUT2D eigenvalue weighted by Crippen LogP contribution is -2.49. The number of carbonyl (C=O) groups excluding carboxylic acids is 4. The molecule has 1 unspecified atom stereocenters. The van der Waals surface area contributed by atoms with Crippen molar-refractivity contribution in [3.05, 3.63) is 70.8 Å². The summed E-state index contributed by atoms with van der Waals surface area (Å²) in [4.78, 5) is 55.8. The van der Waals surface area contributed by atoms with Crippen molar-refractivity contribution in [2.45, 2.75) is 63.5 Å². The summed E-state index contributed by atoms with van der Waals surface area (Å²) in [5.41, 5.74) is 1.87. The largest absolute Gasteiger partial charge is 0.341 e. The van der Waals surface area contributed by atoms with Crippen molar-refractivity contribution >= 4 is 23.6 Å². The molecule has 0 aromatic heterocycles. The van der Waals surface area contributed by atoms with Gasteiger partial charge in [-0.2, -0.15) is 0 Å². The van der Waals surface area contributed by atoms with E-state index in [1.807, 2.05) is 30.3 Å². The van der Waals surface area contributed by atoms with Gasteiger partial charge in [-0.15, -0.1) is 0 Å². The van der Waals surface area contributed by atoms with Crippen LogP contribution in [0, 0.1) is 0 Å². The highest BCUT2D eigenvalue weighted by molar-refractivity contribution is 6.22. The average Bonchev–Trinajstić information content (AvgIpc) is 3.51. The van der Waals surface area contributed by atoms with Crippen LogP contribution in [0.3, 0.4) is 0 Å². The van der Waals surface area contributed by atoms with Crippen molar-refractivity contribution < 1.29 is 19.2 Å². The van der Waals surface area contributed by atoms with Crippen molar-refractivity contribution in [1.82, 2.24) is 15.1 Å². The van der Waals surface area contributed by atoms with Gasteiger partial charge in [0.05, 0.1) is 11.1 Å². The first-order valence-electron chi connectivity index (χ1n) is 12.7. The zero-order valence-electron chi connectivity index (χ0n) is 19.9. The van der Waals surface area contributed by atoms with Gasteiger partial charge < -0.3 is 10.2 Å². The Morgan fingerprint density at radius 3 is 2.26 bits per heavy atom. The standard InChI is InChI=1S/C28H31N3O4/c32-25(29-24(17-19-9-3-1-4-10-19)28(35)30-15-7-8-16-30)20-13-14-22-23(18-20)27(34)31(26(22)33)21-11-5-2-6-12-21/h1,3-4,9-10,13-14,18,21,24H,2,5-8,11-12,15-17H2,(H,29,32). The number of hydrogen-bond donors (Lipinski definition) is 1. The predicted octanol–water partition coefficient (Wildman–Crippen LogP) is 3.58. The molecule has 0 bridgehead atoms. The van der Waals surface area contributed by atoms with Gasteiger partial charge in [-0.05, 0) is 49.4 Å². The number of benzene rings is 2. The number of amides is 4. The topological polar surface area (TPSA) is 86.8 Å². The van der Waals surface area contributed by atoms with E-state index < -0.39 is 11.9 Å². The molecule has 5 rings (SSSR count). The summed E-state index contributed by atoms with van der Waals surface area (Å²) in [7, 11) is 0. The maximum absolute atomic E-state index is 13.2. The van der Waals surface area contributed by atoms with Gasteiger partial charge in [0.2, 0.25) is 5.91 Å². The lowest BCUT2D eigenvalue weighted by Gasteiger charge is -2.29. The third-order valence-corrected chi connectivity index (χ3v) is 7.42. The Morgan fingerprint density at radius 1 is 0.857 bits per heavy atom. The number of nitrogens with one attached hydrogen (secondary N) is 1. The molecule has 2 aliphatic heterocycles. The minimum absolute atomic E-state index is 0.0678. The van der Waals surface area contributed by atoms with E-state index >= 15 is 0 Å². The monoisotopic (exact) mass is 473 g/mol. The Morgan fingerprint density at radius 2 is 1.54 bits per heavy atom. The molecule has 182 valence electrons. The first kappa shape index (κ1) is 23.3. The Labute approximate surface area is 205 Å². The first-order valence-corrected chi connectivity index (χ1v) is 12.7. The smallest absolute Gasteiger partial charge is 0.261 e. The molecule has 2 heterocycles. The summed E-state index contributed by atoms with van der Waals surface area (Å²) in [6.45, 7) is 1.40. The van der Waals surface area contributed by atoms with Crippen molar-refractivity contribution in [2.75, 3.05) is 13.1 Å². The molecule has 7 nitrogen and oxygen atoms in total. The van der Waals surface area contributed by atoms with Crippen LogP contribution in [0.1, 0.15) is 81.6 Å². The van der Waals surface area contributed by atoms with E-state index in [-0.39, 0.29) is 34.9 Å². The van der Waals surface area contributed by atoms with Gasteiger partial charge in [-0.3, -0.25) is 24.1 Å². The third-order valence-electron chi connectivity index (χ3n) is 7.42. The highest BCUT2D eigenvalue weighted by Crippen LogP contribution is 2.31. The van der Waals surface area contributed by atoms with Gasteiger partial charge >= 0.3 is 0 Å². The molecule has 3 aliphatic rings. The fourth-order valence-corrected chi connectivity index (χ4v) is 5.52. The molecule has 2 aromatic rings. The van der Waals surface area contributed by atoms with Crippen LogP contribution in [0.15, 0.2) is 48.5 Å². The van der Waals surface area contributed by atoms with Gasteiger partial charge in [0.1, 0.15) is 6.04 Å². The lowest BCUT2D eigenvalue weighted by molar-refractivity contribution is -0.132. The van der Waals surface area contributed by atoms with Crippen LogP contribution in [-0.4, -0.2) is 58.6 Å². The van der Waals surface area contributed by atoms with E-state index in [0.717, 1.165) is 50.5 Å². The summed E-state index contributed by atoms with van der Waals surface area (Å²) in [6, 6.07) is 13.5. The first-order chi connectivity index (χ1) is 17.0. The molecule has 1 N–H and O–H groups in total. The van der Waals surface area contributed by atoms with Gasteiger partial charge in [-0.25, -0.2) is 0 Å². The molecule has 7 heteroatoms. The van der Waals surface area contributed by atoms with Gasteiger partial charge in [0.25, 0.3) is 17.7 Å². The quantitative estimate of drug-likeness (QED) is 0.650. The van der Waals surface area contributed by atoms with Crippen molar-refractivity contribution in [3.63, 3.8) is 0 Å². The number of rotatable bonds is 6. The average molecular weight is 474 g/mol. The highest BCUT2D eigenvalue weighted by atomic mass is 16.2. The van der Waals surface area contributed by atoms with Crippen molar-refractivity contribution in [1.29, 1.82) is 0 Å². The van der Waals surface area contributed by atoms with E-state index in [2.05, 4.69) is 5.32 Å². The summed E-state index contributed by atoms with van der Waals surface area (Å²) < 4.78 is 0. The van der Waals surface area contributed by atoms with E-state index in [0.29, 0.717) is 25.1 Å². The molecule has 2 aromatic carbocycles. The van der Waals surface area contributed by atoms with E-state index in [9.17, 15) is 19.2 Å². The van der Waals surface area contributed by atoms with Gasteiger partial charge in [-0.1, -0.05) is 49.6 Å². The van der Waals surface area contributed by atoms with Gasteiger partial charge in [0, 0.05) is 31.1 Å². The molecule has 1 aliphatic carbocycles. The summed E-state index contributed by atoms with van der Waals surface area (Å²) >= 11 is 0. The second kappa shape index (κ2) is 10.0. The summed E-state index contributed by atoms with van der Waals surface area (Å²) in [5, 5.41) is 2.91. The second-order valence-electron chi connectivity index (χ2n) is 9.78. The molecule has 0 radical (unpaired) electrons. The molecule has 35 heavy (non-hydrogen) atoms. The number of nitrogens with zero attached hydrogens (tertiary/aromatic N) is 2. The number of likely N-dealkylation sites (tertiary alicyclic amines) is 1. The zero-order valence-corrected chi connectivity index (χ0v) is 19.9. The molecular weight excluding hydrogens is 442 g/mol. The van der Waals surface area contributed by atoms with Gasteiger partial charge in [0.15, 0.2) is 0 Å². The fourth-order valence-electron chi connectivity index (χ4n) is 5.52. The summed E-state index contributed by atoms with van der Waals surface area (Å²) in [5.74, 6) is -1.09. The molecule has 2 fully saturated rings. The van der Waals surface area contributed by atoms with E-state index in [1.54, 1.807) is 17.0 Å². The number of carbonyl (C=O) groups is 4. The summed E-state index contributed by atoms with van der Waals surface area (Å²) in [6.07, 6.45) is 7.15. The molecule has 0 spiro atoms. The lowest BCUT2D eigenvalue weighted by atomic mass is 9.94. The fraction of sp³-hybridized carbons (Fsp3) is 0.429. The zero-order chi connectivity index (χ0) is 24.4. The van der Waals surface area contributed by atoms with Crippen LogP contribution in [0.5, 0.6) is 0 Å².